The summed E-state index contributed by atoms with van der Waals surface area (Å²) in [7, 11) is 0. The summed E-state index contributed by atoms with van der Waals surface area (Å²) in [4.78, 5) is 35.4. The molecule has 0 unspecified atom stereocenters. The summed E-state index contributed by atoms with van der Waals surface area (Å²) in [6.07, 6.45) is 10.3. The molecule has 1 aliphatic rings. The summed E-state index contributed by atoms with van der Waals surface area (Å²) in [5.74, 6) is 2.19. The van der Waals surface area contributed by atoms with E-state index in [0.29, 0.717) is 38.3 Å². The molecule has 32 heavy (non-hydrogen) atoms. The van der Waals surface area contributed by atoms with E-state index >= 15 is 0 Å². The first kappa shape index (κ1) is 21.8. The Bertz CT molecular complexity index is 992. The molecule has 2 amide bonds. The van der Waals surface area contributed by atoms with E-state index in [-0.39, 0.29) is 11.8 Å². The number of pyridine rings is 1. The second kappa shape index (κ2) is 10.7. The van der Waals surface area contributed by atoms with Crippen LogP contribution < -0.4 is 5.32 Å². The van der Waals surface area contributed by atoms with Crippen molar-refractivity contribution in [1.29, 1.82) is 0 Å². The zero-order chi connectivity index (χ0) is 22.2. The van der Waals surface area contributed by atoms with E-state index in [2.05, 4.69) is 19.9 Å². The summed E-state index contributed by atoms with van der Waals surface area (Å²) >= 11 is 0. The molecule has 0 aliphatic carbocycles. The lowest BCUT2D eigenvalue weighted by molar-refractivity contribution is -0.132. The van der Waals surface area contributed by atoms with Crippen LogP contribution in [0, 0.1) is 0 Å². The summed E-state index contributed by atoms with van der Waals surface area (Å²) < 4.78 is 7.35. The molecule has 4 rings (SSSR count). The number of aromatic nitrogens is 3. The lowest BCUT2D eigenvalue weighted by atomic mass is 9.95. The quantitative estimate of drug-likeness (QED) is 0.557. The molecule has 168 valence electrons. The van der Waals surface area contributed by atoms with E-state index < -0.39 is 0 Å². The van der Waals surface area contributed by atoms with Gasteiger partial charge >= 0.3 is 0 Å². The van der Waals surface area contributed by atoms with Crippen LogP contribution in [0.5, 0.6) is 0 Å². The van der Waals surface area contributed by atoms with Crippen LogP contribution in [-0.2, 0) is 22.7 Å². The van der Waals surface area contributed by atoms with Crippen molar-refractivity contribution in [1.82, 2.24) is 24.8 Å². The van der Waals surface area contributed by atoms with Crippen molar-refractivity contribution >= 4 is 11.8 Å². The van der Waals surface area contributed by atoms with E-state index in [9.17, 15) is 9.59 Å². The number of amides is 2. The number of furan rings is 1. The van der Waals surface area contributed by atoms with Crippen LogP contribution in [0.3, 0.4) is 0 Å². The van der Waals surface area contributed by atoms with E-state index in [4.69, 9.17) is 4.42 Å². The van der Waals surface area contributed by atoms with Crippen LogP contribution in [0.1, 0.15) is 55.3 Å². The average molecular weight is 436 g/mol. The molecule has 0 saturated carbocycles. The molecule has 3 aromatic heterocycles. The van der Waals surface area contributed by atoms with Crippen molar-refractivity contribution in [2.75, 3.05) is 13.1 Å². The standard InChI is InChI=1S/C24H29N5O3/c30-22(27-17-21-6-4-16-32-21)7-3-8-23(31)28-13-9-19(10-14-28)24-26-12-15-29(24)18-20-5-1-2-11-25-20/h1-2,4-6,11-12,15-16,19H,3,7-10,13-14,17-18H2,(H,27,30). The van der Waals surface area contributed by atoms with Gasteiger partial charge in [0, 0.05) is 50.4 Å². The van der Waals surface area contributed by atoms with Gasteiger partial charge in [-0.05, 0) is 43.5 Å². The third-order valence-electron chi connectivity index (χ3n) is 5.85. The predicted octanol–water partition coefficient (Wildman–Crippen LogP) is 3.11. The molecule has 8 heteroatoms. The van der Waals surface area contributed by atoms with E-state index in [1.165, 1.54) is 0 Å². The van der Waals surface area contributed by atoms with Crippen molar-refractivity contribution < 1.29 is 14.0 Å². The molecule has 0 spiro atoms. The Balaban J connectivity index is 1.18. The molecular weight excluding hydrogens is 406 g/mol. The molecule has 0 bridgehead atoms. The Kier molecular flexibility index (Phi) is 7.32. The number of nitrogens with one attached hydrogen (secondary N) is 1. The number of imidazole rings is 1. The summed E-state index contributed by atoms with van der Waals surface area (Å²) in [6, 6.07) is 9.53. The van der Waals surface area contributed by atoms with Crippen LogP contribution in [-0.4, -0.2) is 44.3 Å². The number of rotatable bonds is 9. The number of nitrogens with zero attached hydrogens (tertiary/aromatic N) is 4. The minimum atomic E-state index is -0.0624. The molecular formula is C24H29N5O3. The monoisotopic (exact) mass is 435 g/mol. The van der Waals surface area contributed by atoms with Crippen LogP contribution in [0.25, 0.3) is 0 Å². The van der Waals surface area contributed by atoms with Crippen LogP contribution in [0.2, 0.25) is 0 Å². The number of carbonyl (C=O) groups excluding carboxylic acids is 2. The highest BCUT2D eigenvalue weighted by Crippen LogP contribution is 2.27. The smallest absolute Gasteiger partial charge is 0.222 e. The van der Waals surface area contributed by atoms with Gasteiger partial charge in [0.1, 0.15) is 11.6 Å². The Morgan fingerprint density at radius 2 is 1.94 bits per heavy atom. The van der Waals surface area contributed by atoms with Gasteiger partial charge in [0.2, 0.25) is 11.8 Å². The fourth-order valence-electron chi connectivity index (χ4n) is 4.11. The Hall–Kier alpha value is -3.42. The number of hydrogen-bond acceptors (Lipinski definition) is 5. The van der Waals surface area contributed by atoms with E-state index in [0.717, 1.165) is 43.2 Å². The molecule has 1 fully saturated rings. The van der Waals surface area contributed by atoms with Gasteiger partial charge in [0.05, 0.1) is 25.0 Å². The van der Waals surface area contributed by atoms with Gasteiger partial charge in [-0.2, -0.15) is 0 Å². The summed E-state index contributed by atoms with van der Waals surface area (Å²) in [5, 5.41) is 2.81. The van der Waals surface area contributed by atoms with Gasteiger partial charge in [0.15, 0.2) is 0 Å². The second-order valence-corrected chi connectivity index (χ2v) is 8.10. The molecule has 1 N–H and O–H groups in total. The van der Waals surface area contributed by atoms with Gasteiger partial charge in [-0.15, -0.1) is 0 Å². The maximum Gasteiger partial charge on any atom is 0.222 e. The first-order valence-electron chi connectivity index (χ1n) is 11.2. The minimum Gasteiger partial charge on any atom is -0.467 e. The second-order valence-electron chi connectivity index (χ2n) is 8.10. The van der Waals surface area contributed by atoms with Gasteiger partial charge < -0.3 is 19.2 Å². The summed E-state index contributed by atoms with van der Waals surface area (Å²) in [6.45, 7) is 2.54. The first-order chi connectivity index (χ1) is 15.7. The number of carbonyl (C=O) groups is 2. The highest BCUT2D eigenvalue weighted by Gasteiger charge is 2.26. The zero-order valence-corrected chi connectivity index (χ0v) is 18.2. The normalized spacial score (nSPS) is 14.4. The highest BCUT2D eigenvalue weighted by molar-refractivity contribution is 5.79. The lowest BCUT2D eigenvalue weighted by Gasteiger charge is -2.32. The SMILES string of the molecule is O=C(CCCC(=O)N1CCC(c2nccn2Cc2ccccn2)CC1)NCc1ccco1. The maximum atomic E-state index is 12.6. The van der Waals surface area contributed by atoms with Crippen LogP contribution >= 0.6 is 0 Å². The topological polar surface area (TPSA) is 93.3 Å². The molecule has 0 radical (unpaired) electrons. The van der Waals surface area contributed by atoms with Gasteiger partial charge in [-0.1, -0.05) is 6.07 Å². The highest BCUT2D eigenvalue weighted by atomic mass is 16.3. The molecule has 0 aromatic carbocycles. The molecule has 8 nitrogen and oxygen atoms in total. The Morgan fingerprint density at radius 1 is 1.06 bits per heavy atom. The number of piperidine rings is 1. The lowest BCUT2D eigenvalue weighted by Crippen LogP contribution is -2.38. The molecule has 0 atom stereocenters. The molecule has 1 saturated heterocycles. The number of likely N-dealkylation sites (tertiary alicyclic amines) is 1. The van der Waals surface area contributed by atoms with Crippen LogP contribution in [0.4, 0.5) is 0 Å². The van der Waals surface area contributed by atoms with E-state index in [1.807, 2.05) is 41.6 Å². The Morgan fingerprint density at radius 3 is 2.69 bits per heavy atom. The van der Waals surface area contributed by atoms with Crippen molar-refractivity contribution in [2.45, 2.75) is 51.1 Å². The van der Waals surface area contributed by atoms with Crippen LogP contribution in [0.15, 0.2) is 59.6 Å². The minimum absolute atomic E-state index is 0.0624. The summed E-state index contributed by atoms with van der Waals surface area (Å²) in [5.41, 5.74) is 1.01. The maximum absolute atomic E-state index is 12.6. The third kappa shape index (κ3) is 5.84. The van der Waals surface area contributed by atoms with E-state index in [1.54, 1.807) is 18.5 Å². The van der Waals surface area contributed by atoms with Crippen molar-refractivity contribution in [3.8, 4) is 0 Å². The van der Waals surface area contributed by atoms with Gasteiger partial charge in [-0.25, -0.2) is 4.98 Å². The third-order valence-corrected chi connectivity index (χ3v) is 5.85. The molecule has 3 aromatic rings. The van der Waals surface area contributed by atoms with Crippen molar-refractivity contribution in [3.63, 3.8) is 0 Å². The first-order valence-corrected chi connectivity index (χ1v) is 11.2. The van der Waals surface area contributed by atoms with Crippen molar-refractivity contribution in [3.05, 3.63) is 72.5 Å². The molecule has 1 aliphatic heterocycles. The number of hydrogen-bond donors (Lipinski definition) is 1. The largest absolute Gasteiger partial charge is 0.467 e. The van der Waals surface area contributed by atoms with Gasteiger partial charge in [-0.3, -0.25) is 14.6 Å². The Labute approximate surface area is 187 Å². The fraction of sp³-hybridized carbons (Fsp3) is 0.417. The fourth-order valence-corrected chi connectivity index (χ4v) is 4.11. The zero-order valence-electron chi connectivity index (χ0n) is 18.2. The average Bonchev–Trinajstić information content (AvgIpc) is 3.51. The predicted molar refractivity (Wildman–Crippen MR) is 119 cm³/mol. The van der Waals surface area contributed by atoms with Gasteiger partial charge in [0.25, 0.3) is 0 Å². The van der Waals surface area contributed by atoms with Crippen molar-refractivity contribution in [2.24, 2.45) is 0 Å². The molecule has 4 heterocycles.